The van der Waals surface area contributed by atoms with Crippen LogP contribution in [-0.2, 0) is 19.2 Å². The van der Waals surface area contributed by atoms with Gasteiger partial charge in [-0.3, -0.25) is 14.4 Å². The first-order valence-electron chi connectivity index (χ1n) is 10.2. The number of rotatable bonds is 14. The Kier molecular flexibility index (Phi) is 13.3. The van der Waals surface area contributed by atoms with Gasteiger partial charge in [0.2, 0.25) is 17.7 Å². The Bertz CT molecular complexity index is 588. The summed E-state index contributed by atoms with van der Waals surface area (Å²) in [6.45, 7) is 7.52. The highest BCUT2D eigenvalue weighted by atomic mass is 32.1. The molecule has 0 aromatic carbocycles. The van der Waals surface area contributed by atoms with Gasteiger partial charge in [0.25, 0.3) is 0 Å². The summed E-state index contributed by atoms with van der Waals surface area (Å²) in [6.07, 6.45) is 1.41. The summed E-state index contributed by atoms with van der Waals surface area (Å²) in [4.78, 5) is 48.8. The number of carboxylic acid groups (broad SMARTS) is 1. The van der Waals surface area contributed by atoms with Crippen LogP contribution in [0.5, 0.6) is 0 Å². The monoisotopic (exact) mass is 447 g/mol. The van der Waals surface area contributed by atoms with Crippen LogP contribution in [0.25, 0.3) is 0 Å². The summed E-state index contributed by atoms with van der Waals surface area (Å²) >= 11 is 4.09. The molecule has 0 bridgehead atoms. The molecule has 0 rings (SSSR count). The van der Waals surface area contributed by atoms with E-state index < -0.39 is 47.9 Å². The zero-order valence-electron chi connectivity index (χ0n) is 18.2. The van der Waals surface area contributed by atoms with E-state index in [9.17, 15) is 24.3 Å². The van der Waals surface area contributed by atoms with Crippen LogP contribution in [0.4, 0.5) is 0 Å². The lowest BCUT2D eigenvalue weighted by Crippen LogP contribution is -2.59. The van der Waals surface area contributed by atoms with Crippen LogP contribution in [0.15, 0.2) is 0 Å². The maximum Gasteiger partial charge on any atom is 0.326 e. The number of aliphatic carboxylic acids is 1. The van der Waals surface area contributed by atoms with Crippen LogP contribution in [-0.4, -0.2) is 65.3 Å². The molecule has 0 spiro atoms. The van der Waals surface area contributed by atoms with E-state index in [1.54, 1.807) is 27.7 Å². The van der Waals surface area contributed by atoms with Gasteiger partial charge in [0.05, 0.1) is 6.04 Å². The first-order valence-corrected chi connectivity index (χ1v) is 10.8. The van der Waals surface area contributed by atoms with Crippen molar-refractivity contribution < 1.29 is 24.3 Å². The van der Waals surface area contributed by atoms with E-state index in [1.165, 1.54) is 0 Å². The molecule has 0 saturated heterocycles. The Balaban J connectivity index is 5.11. The van der Waals surface area contributed by atoms with Gasteiger partial charge in [-0.05, 0) is 37.6 Å². The van der Waals surface area contributed by atoms with Crippen molar-refractivity contribution in [2.45, 2.75) is 71.1 Å². The number of hydrogen-bond donors (Lipinski definition) is 7. The molecule has 11 heteroatoms. The highest BCUT2D eigenvalue weighted by Gasteiger charge is 2.31. The van der Waals surface area contributed by atoms with E-state index >= 15 is 0 Å². The second kappa shape index (κ2) is 14.2. The van der Waals surface area contributed by atoms with Crippen LogP contribution in [0.3, 0.4) is 0 Å². The van der Waals surface area contributed by atoms with Crippen molar-refractivity contribution in [3.63, 3.8) is 0 Å². The number of carbonyl (C=O) groups is 4. The molecular formula is C19H37N5O5S. The number of nitrogens with one attached hydrogen (secondary N) is 3. The average Bonchev–Trinajstić information content (AvgIpc) is 2.67. The summed E-state index contributed by atoms with van der Waals surface area (Å²) in [5, 5.41) is 16.9. The molecule has 0 aliphatic heterocycles. The van der Waals surface area contributed by atoms with Crippen molar-refractivity contribution in [1.29, 1.82) is 0 Å². The lowest BCUT2D eigenvalue weighted by Gasteiger charge is -2.27. The highest BCUT2D eigenvalue weighted by Crippen LogP contribution is 2.07. The zero-order chi connectivity index (χ0) is 23.4. The Labute approximate surface area is 183 Å². The maximum atomic E-state index is 12.7. The minimum absolute atomic E-state index is 0.0447. The third-order valence-corrected chi connectivity index (χ3v) is 5.01. The van der Waals surface area contributed by atoms with Crippen molar-refractivity contribution in [2.24, 2.45) is 23.3 Å². The SMILES string of the molecule is CC(C)C(N)C(=O)NC(C(=O)NC(CS)C(=O)NC(CCCCN)C(=O)O)C(C)C. The Morgan fingerprint density at radius 3 is 1.87 bits per heavy atom. The first-order chi connectivity index (χ1) is 14.0. The van der Waals surface area contributed by atoms with E-state index in [0.29, 0.717) is 19.4 Å². The van der Waals surface area contributed by atoms with Gasteiger partial charge in [-0.15, -0.1) is 0 Å². The second-order valence-corrected chi connectivity index (χ2v) is 8.29. The second-order valence-electron chi connectivity index (χ2n) is 7.93. The van der Waals surface area contributed by atoms with Gasteiger partial charge in [0, 0.05) is 5.75 Å². The van der Waals surface area contributed by atoms with Crippen molar-refractivity contribution in [3.05, 3.63) is 0 Å². The Morgan fingerprint density at radius 1 is 0.867 bits per heavy atom. The van der Waals surface area contributed by atoms with E-state index in [2.05, 4.69) is 28.6 Å². The number of amides is 3. The Morgan fingerprint density at radius 2 is 1.43 bits per heavy atom. The standard InChI is InChI=1S/C19H37N5O5S/c1-10(2)14(21)17(26)24-15(11(3)4)18(27)23-13(9-30)16(25)22-12(19(28)29)7-5-6-8-20/h10-15,30H,5-9,20-21H2,1-4H3,(H,22,25)(H,23,27)(H,24,26)(H,28,29). The molecule has 3 amide bonds. The van der Waals surface area contributed by atoms with Crippen molar-refractivity contribution in [3.8, 4) is 0 Å². The molecule has 0 aliphatic rings. The van der Waals surface area contributed by atoms with Crippen LogP contribution in [0.1, 0.15) is 47.0 Å². The van der Waals surface area contributed by atoms with E-state index in [-0.39, 0.29) is 24.0 Å². The quantitative estimate of drug-likeness (QED) is 0.135. The number of unbranched alkanes of at least 4 members (excludes halogenated alkanes) is 1. The minimum Gasteiger partial charge on any atom is -0.480 e. The molecule has 174 valence electrons. The largest absolute Gasteiger partial charge is 0.480 e. The van der Waals surface area contributed by atoms with Gasteiger partial charge in [0.15, 0.2) is 0 Å². The molecule has 0 radical (unpaired) electrons. The number of hydrogen-bond acceptors (Lipinski definition) is 7. The van der Waals surface area contributed by atoms with Crippen molar-refractivity contribution in [1.82, 2.24) is 16.0 Å². The molecule has 8 N–H and O–H groups in total. The molecule has 0 aromatic heterocycles. The summed E-state index contributed by atoms with van der Waals surface area (Å²) in [5.41, 5.74) is 11.2. The lowest BCUT2D eigenvalue weighted by molar-refractivity contribution is -0.142. The zero-order valence-corrected chi connectivity index (χ0v) is 19.1. The van der Waals surface area contributed by atoms with E-state index in [4.69, 9.17) is 11.5 Å². The fourth-order valence-corrected chi connectivity index (χ4v) is 2.82. The molecule has 0 heterocycles. The molecule has 0 aliphatic carbocycles. The molecule has 4 unspecified atom stereocenters. The normalized spacial score (nSPS) is 15.2. The predicted molar refractivity (Wildman–Crippen MR) is 118 cm³/mol. The number of carbonyl (C=O) groups excluding carboxylic acids is 3. The number of nitrogens with two attached hydrogens (primary N) is 2. The number of carboxylic acids is 1. The summed E-state index contributed by atoms with van der Waals surface area (Å²) in [6, 6.07) is -3.83. The van der Waals surface area contributed by atoms with Gasteiger partial charge in [-0.25, -0.2) is 4.79 Å². The molecule has 4 atom stereocenters. The van der Waals surface area contributed by atoms with Crippen LogP contribution < -0.4 is 27.4 Å². The first kappa shape index (κ1) is 28.1. The van der Waals surface area contributed by atoms with Crippen LogP contribution in [0.2, 0.25) is 0 Å². The molecule has 30 heavy (non-hydrogen) atoms. The van der Waals surface area contributed by atoms with Gasteiger partial charge in [-0.1, -0.05) is 27.7 Å². The summed E-state index contributed by atoms with van der Waals surface area (Å²) in [5.74, 6) is -3.28. The van der Waals surface area contributed by atoms with Gasteiger partial charge in [0.1, 0.15) is 18.1 Å². The van der Waals surface area contributed by atoms with Crippen molar-refractivity contribution in [2.75, 3.05) is 12.3 Å². The molecular weight excluding hydrogens is 410 g/mol. The fourth-order valence-electron chi connectivity index (χ4n) is 2.57. The van der Waals surface area contributed by atoms with E-state index in [0.717, 1.165) is 0 Å². The summed E-state index contributed by atoms with van der Waals surface area (Å²) < 4.78 is 0. The molecule has 10 nitrogen and oxygen atoms in total. The third kappa shape index (κ3) is 9.77. The predicted octanol–water partition coefficient (Wildman–Crippen LogP) is -0.776. The van der Waals surface area contributed by atoms with Gasteiger partial charge < -0.3 is 32.5 Å². The molecule has 0 saturated carbocycles. The van der Waals surface area contributed by atoms with Gasteiger partial charge in [-0.2, -0.15) is 12.6 Å². The highest BCUT2D eigenvalue weighted by molar-refractivity contribution is 7.80. The molecule has 0 aromatic rings. The third-order valence-electron chi connectivity index (χ3n) is 4.64. The Hall–Kier alpha value is -1.85. The minimum atomic E-state index is -1.17. The van der Waals surface area contributed by atoms with Crippen LogP contribution in [0, 0.1) is 11.8 Å². The van der Waals surface area contributed by atoms with Gasteiger partial charge >= 0.3 is 5.97 Å². The topological polar surface area (TPSA) is 177 Å². The maximum absolute atomic E-state index is 12.7. The average molecular weight is 448 g/mol. The smallest absolute Gasteiger partial charge is 0.326 e. The lowest BCUT2D eigenvalue weighted by atomic mass is 10.00. The molecule has 0 fully saturated rings. The van der Waals surface area contributed by atoms with Crippen molar-refractivity contribution >= 4 is 36.3 Å². The summed E-state index contributed by atoms with van der Waals surface area (Å²) in [7, 11) is 0. The fraction of sp³-hybridized carbons (Fsp3) is 0.789. The van der Waals surface area contributed by atoms with E-state index in [1.807, 2.05) is 0 Å². The number of thiol groups is 1. The van der Waals surface area contributed by atoms with Crippen LogP contribution >= 0.6 is 12.6 Å².